The zero-order chi connectivity index (χ0) is 54.0. The lowest BCUT2D eigenvalue weighted by Crippen LogP contribution is -2.39. The Kier molecular flexibility index (Phi) is 12.5. The van der Waals surface area contributed by atoms with Crippen LogP contribution in [0.15, 0.2) is 261 Å². The number of para-hydroxylation sites is 3. The molecular weight excluding hydrogens is 992 g/mol. The largest absolute Gasteiger partial charge is 0.311 e. The lowest BCUT2D eigenvalue weighted by Gasteiger charge is -2.30. The fourth-order valence-corrected chi connectivity index (χ4v) is 15.4. The summed E-state index contributed by atoms with van der Waals surface area (Å²) in [6, 6.07) is 93.0. The number of benzene rings is 13. The molecular formula is C74H61FN2Si2. The molecule has 79 heavy (non-hydrogen) atoms. The number of halogens is 1. The van der Waals surface area contributed by atoms with Gasteiger partial charge in [-0.2, -0.15) is 0 Å². The molecule has 0 spiro atoms. The van der Waals surface area contributed by atoms with Crippen LogP contribution in [0.1, 0.15) is 0 Å². The van der Waals surface area contributed by atoms with Crippen LogP contribution in [0.2, 0.25) is 39.3 Å². The second-order valence-corrected chi connectivity index (χ2v) is 33.1. The van der Waals surface area contributed by atoms with E-state index < -0.39 is 16.1 Å². The van der Waals surface area contributed by atoms with E-state index in [-0.39, 0.29) is 5.82 Å². The lowest BCUT2D eigenvalue weighted by atomic mass is 9.83. The first-order valence-corrected chi connectivity index (χ1v) is 34.5. The van der Waals surface area contributed by atoms with Crippen molar-refractivity contribution in [2.24, 2.45) is 0 Å². The molecule has 0 aliphatic heterocycles. The molecule has 13 rings (SSSR count). The highest BCUT2D eigenvalue weighted by Gasteiger charge is 2.31. The Balaban J connectivity index is 1.03. The Morgan fingerprint density at radius 2 is 0.658 bits per heavy atom. The first-order chi connectivity index (χ1) is 38.4. The highest BCUT2D eigenvalue weighted by Crippen LogP contribution is 2.49. The molecule has 0 saturated carbocycles. The van der Waals surface area contributed by atoms with E-state index in [0.29, 0.717) is 5.69 Å². The van der Waals surface area contributed by atoms with Gasteiger partial charge in [0.1, 0.15) is 5.82 Å². The van der Waals surface area contributed by atoms with Crippen molar-refractivity contribution in [2.75, 3.05) is 9.80 Å². The van der Waals surface area contributed by atoms with Crippen molar-refractivity contribution in [3.63, 3.8) is 0 Å². The first kappa shape index (κ1) is 49.7. The molecule has 0 amide bonds. The maximum absolute atomic E-state index is 17.5. The second kappa shape index (κ2) is 19.9. The molecule has 0 unspecified atom stereocenters. The predicted molar refractivity (Wildman–Crippen MR) is 345 cm³/mol. The smallest absolute Gasteiger partial charge is 0.148 e. The summed E-state index contributed by atoms with van der Waals surface area (Å²) in [5.41, 5.74) is 14.0. The molecule has 0 saturated heterocycles. The number of nitrogens with zero attached hydrogens (tertiary/aromatic N) is 2. The van der Waals surface area contributed by atoms with Crippen LogP contribution >= 0.6 is 0 Å². The highest BCUT2D eigenvalue weighted by molar-refractivity contribution is 6.92. The van der Waals surface area contributed by atoms with Gasteiger partial charge in [0.25, 0.3) is 0 Å². The molecule has 2 nitrogen and oxygen atoms in total. The monoisotopic (exact) mass is 1050 g/mol. The maximum atomic E-state index is 17.5. The van der Waals surface area contributed by atoms with Crippen LogP contribution in [-0.2, 0) is 0 Å². The van der Waals surface area contributed by atoms with Crippen molar-refractivity contribution in [3.05, 3.63) is 267 Å². The van der Waals surface area contributed by atoms with E-state index in [2.05, 4.69) is 237 Å². The summed E-state index contributed by atoms with van der Waals surface area (Å²) in [6.45, 7) is 15.0. The van der Waals surface area contributed by atoms with Gasteiger partial charge in [0.2, 0.25) is 0 Å². The van der Waals surface area contributed by atoms with Crippen molar-refractivity contribution in [1.29, 1.82) is 0 Å². The van der Waals surface area contributed by atoms with Crippen LogP contribution in [0, 0.1) is 5.82 Å². The summed E-state index contributed by atoms with van der Waals surface area (Å²) >= 11 is 0. The minimum absolute atomic E-state index is 0.291. The van der Waals surface area contributed by atoms with E-state index >= 15 is 4.39 Å². The van der Waals surface area contributed by atoms with Gasteiger partial charge in [0.05, 0.1) is 21.8 Å². The van der Waals surface area contributed by atoms with E-state index in [0.717, 1.165) is 56.3 Å². The number of fused-ring (bicyclic) bond motifs is 3. The minimum Gasteiger partial charge on any atom is -0.311 e. The summed E-state index contributed by atoms with van der Waals surface area (Å²) in [4.78, 5) is 4.43. The molecule has 13 aromatic carbocycles. The summed E-state index contributed by atoms with van der Waals surface area (Å²) in [5.74, 6) is -0.291. The third kappa shape index (κ3) is 8.89. The average molecular weight is 1050 g/mol. The van der Waals surface area contributed by atoms with Crippen molar-refractivity contribution < 1.29 is 4.39 Å². The standard InChI is InChI=1S/C74H61FN2Si2/c1-78(2,3)68-49-65(53-38-40-58(41-39-53)76(55-28-16-9-17-29-55)56-30-18-10-19-31-56)70-60-34-22-23-35-61(60)71-69(79(4,5)6)48-64(62-44-45-63(68)73(70)72(62)71)52-36-42-59(43-37-52)77(57-32-20-11-21-33-57)74-66(51-26-14-8-15-27-51)46-54(47-67(74)75)50-24-12-7-13-25-50/h7-49H,1-6H3. The zero-order valence-electron chi connectivity index (χ0n) is 45.6. The summed E-state index contributed by atoms with van der Waals surface area (Å²) in [5, 5.41) is 13.5. The van der Waals surface area contributed by atoms with Gasteiger partial charge in [-0.25, -0.2) is 4.39 Å². The summed E-state index contributed by atoms with van der Waals surface area (Å²) < 4.78 is 17.5. The van der Waals surface area contributed by atoms with Crippen LogP contribution in [-0.4, -0.2) is 16.1 Å². The third-order valence-electron chi connectivity index (χ3n) is 15.9. The third-order valence-corrected chi connectivity index (χ3v) is 19.9. The van der Waals surface area contributed by atoms with E-state index in [1.807, 2.05) is 66.7 Å². The summed E-state index contributed by atoms with van der Waals surface area (Å²) in [6.07, 6.45) is 0. The van der Waals surface area contributed by atoms with Crippen molar-refractivity contribution in [2.45, 2.75) is 39.3 Å². The summed E-state index contributed by atoms with van der Waals surface area (Å²) in [7, 11) is -4.00. The minimum atomic E-state index is -2.04. The van der Waals surface area contributed by atoms with E-state index in [9.17, 15) is 0 Å². The number of hydrogen-bond donors (Lipinski definition) is 0. The molecule has 382 valence electrons. The highest BCUT2D eigenvalue weighted by atomic mass is 28.3. The van der Waals surface area contributed by atoms with Gasteiger partial charge in [-0.3, -0.25) is 0 Å². The topological polar surface area (TPSA) is 6.48 Å². The van der Waals surface area contributed by atoms with Crippen molar-refractivity contribution >= 4 is 104 Å². The predicted octanol–water partition coefficient (Wildman–Crippen LogP) is 20.6. The average Bonchev–Trinajstić information content (AvgIpc) is 3.56. The van der Waals surface area contributed by atoms with Gasteiger partial charge >= 0.3 is 0 Å². The molecule has 0 heterocycles. The lowest BCUT2D eigenvalue weighted by molar-refractivity contribution is 0.630. The Hall–Kier alpha value is -8.88. The fraction of sp³-hybridized carbons (Fsp3) is 0.0811. The normalized spacial score (nSPS) is 12.0. The molecule has 0 aliphatic carbocycles. The van der Waals surface area contributed by atoms with Crippen LogP contribution in [0.5, 0.6) is 0 Å². The van der Waals surface area contributed by atoms with Gasteiger partial charge < -0.3 is 9.80 Å². The van der Waals surface area contributed by atoms with E-state index in [4.69, 9.17) is 0 Å². The fourth-order valence-electron chi connectivity index (χ4n) is 12.2. The number of rotatable bonds is 12. The van der Waals surface area contributed by atoms with Crippen LogP contribution in [0.4, 0.5) is 38.5 Å². The van der Waals surface area contributed by atoms with Gasteiger partial charge in [-0.05, 0) is 155 Å². The van der Waals surface area contributed by atoms with Gasteiger partial charge in [-0.1, -0.05) is 238 Å². The van der Waals surface area contributed by atoms with Crippen molar-refractivity contribution in [1.82, 2.24) is 0 Å². The quantitative estimate of drug-likeness (QED) is 0.0683. The van der Waals surface area contributed by atoms with Crippen molar-refractivity contribution in [3.8, 4) is 44.5 Å². The first-order valence-electron chi connectivity index (χ1n) is 27.5. The number of hydrogen-bond acceptors (Lipinski definition) is 2. The Labute approximate surface area is 465 Å². The maximum Gasteiger partial charge on any atom is 0.148 e. The zero-order valence-corrected chi connectivity index (χ0v) is 47.6. The van der Waals surface area contributed by atoms with Gasteiger partial charge in [-0.15, -0.1) is 0 Å². The van der Waals surface area contributed by atoms with Gasteiger partial charge in [0.15, 0.2) is 0 Å². The molecule has 13 aromatic rings. The second-order valence-electron chi connectivity index (χ2n) is 23.0. The molecule has 0 bridgehead atoms. The Bertz CT molecular complexity index is 4310. The molecule has 0 fully saturated rings. The SMILES string of the molecule is C[Si](C)(C)c1cc(-c2ccc(N(c3ccccc3)c3ccccc3)cc2)c2c3ccccc3c3c([Si](C)(C)C)cc(-c4ccc(N(c5ccccc5)c5c(F)cc(-c6ccccc6)cc5-c5ccccc5)cc4)c4ccc1c2c43. The molecule has 0 aliphatic rings. The van der Waals surface area contributed by atoms with Gasteiger partial charge in [0, 0.05) is 34.0 Å². The molecule has 0 radical (unpaired) electrons. The Morgan fingerprint density at radius 1 is 0.266 bits per heavy atom. The molecule has 5 heteroatoms. The van der Waals surface area contributed by atoms with Crippen LogP contribution < -0.4 is 20.2 Å². The molecule has 0 N–H and O–H groups in total. The van der Waals surface area contributed by atoms with Crippen LogP contribution in [0.25, 0.3) is 87.6 Å². The molecule has 0 aromatic heterocycles. The van der Waals surface area contributed by atoms with E-state index in [1.54, 1.807) is 6.07 Å². The Morgan fingerprint density at radius 3 is 1.19 bits per heavy atom. The molecule has 0 atom stereocenters. The van der Waals surface area contributed by atoms with E-state index in [1.165, 1.54) is 70.2 Å². The number of anilines is 6. The van der Waals surface area contributed by atoms with Crippen LogP contribution in [0.3, 0.4) is 0 Å².